The molecule has 204 valence electrons. The van der Waals surface area contributed by atoms with Gasteiger partial charge in [-0.1, -0.05) is 0 Å². The second kappa shape index (κ2) is 11.4. The van der Waals surface area contributed by atoms with E-state index in [0.29, 0.717) is 0 Å². The molecule has 14 heteroatoms. The highest BCUT2D eigenvalue weighted by molar-refractivity contribution is 5.94. The Labute approximate surface area is 216 Å². The number of nitrogens with zero attached hydrogens (tertiary/aromatic N) is 3. The van der Waals surface area contributed by atoms with Crippen LogP contribution in [-0.2, 0) is 14.3 Å². The van der Waals surface area contributed by atoms with Crippen LogP contribution in [0, 0.1) is 18.6 Å². The molecule has 4 amide bonds. The van der Waals surface area contributed by atoms with Crippen molar-refractivity contribution in [1.82, 2.24) is 15.5 Å². The molecule has 12 nitrogen and oxygen atoms in total. The highest BCUT2D eigenvalue weighted by atomic mass is 19.1. The number of rotatable bonds is 7. The van der Waals surface area contributed by atoms with Crippen molar-refractivity contribution in [2.24, 2.45) is 0 Å². The van der Waals surface area contributed by atoms with Gasteiger partial charge in [0.15, 0.2) is 17.4 Å². The monoisotopic (exact) mass is 535 g/mol. The van der Waals surface area contributed by atoms with E-state index >= 15 is 8.78 Å². The molecule has 2 saturated heterocycles. The average Bonchev–Trinajstić information content (AvgIpc) is 3.58. The van der Waals surface area contributed by atoms with E-state index in [4.69, 9.17) is 9.15 Å². The van der Waals surface area contributed by atoms with E-state index in [1.54, 1.807) is 6.07 Å². The van der Waals surface area contributed by atoms with Crippen LogP contribution in [0.15, 0.2) is 28.9 Å². The molecule has 0 aliphatic carbocycles. The van der Waals surface area contributed by atoms with Crippen molar-refractivity contribution in [2.75, 3.05) is 62.7 Å². The molecular weight excluding hydrogens is 508 g/mol. The number of halogens is 2. The van der Waals surface area contributed by atoms with Crippen molar-refractivity contribution in [2.45, 2.75) is 13.0 Å². The number of carbonyl (C=O) groups is 4. The number of hydrogen-bond donors (Lipinski definition) is 2. The number of methoxy groups -OCH3 is 1. The number of furan rings is 1. The molecule has 2 N–H and O–H groups in total. The highest BCUT2D eigenvalue weighted by Crippen LogP contribution is 2.35. The Morgan fingerprint density at radius 2 is 1.89 bits per heavy atom. The third kappa shape index (κ3) is 5.63. The Kier molecular flexibility index (Phi) is 7.98. The number of carbonyl (C=O) groups excluding carboxylic acids is 4. The molecule has 2 aliphatic rings. The molecule has 2 aliphatic heterocycles. The lowest BCUT2D eigenvalue weighted by Crippen LogP contribution is -2.51. The summed E-state index contributed by atoms with van der Waals surface area (Å²) in [7, 11) is 1.19. The van der Waals surface area contributed by atoms with Gasteiger partial charge in [-0.3, -0.25) is 14.5 Å². The minimum absolute atomic E-state index is 0.0147. The summed E-state index contributed by atoms with van der Waals surface area (Å²) in [5.74, 6) is -2.45. The molecular formula is C24H27F2N5O7. The lowest BCUT2D eigenvalue weighted by Gasteiger charge is -2.36. The number of amides is 4. The molecule has 1 atom stereocenters. The predicted molar refractivity (Wildman–Crippen MR) is 129 cm³/mol. The first-order valence-electron chi connectivity index (χ1n) is 11.8. The zero-order chi connectivity index (χ0) is 27.4. The number of cyclic esters (lactones) is 1. The van der Waals surface area contributed by atoms with Gasteiger partial charge < -0.3 is 34.3 Å². The van der Waals surface area contributed by atoms with Gasteiger partial charge in [-0.05, 0) is 19.1 Å². The summed E-state index contributed by atoms with van der Waals surface area (Å²) in [5, 5.41) is 4.89. The van der Waals surface area contributed by atoms with Gasteiger partial charge in [-0.25, -0.2) is 18.4 Å². The lowest BCUT2D eigenvalue weighted by molar-refractivity contribution is -0.130. The Bertz CT molecular complexity index is 1220. The smallest absolute Gasteiger partial charge is 0.414 e. The fourth-order valence-electron chi connectivity index (χ4n) is 4.30. The van der Waals surface area contributed by atoms with Crippen LogP contribution in [-0.4, -0.2) is 87.9 Å². The van der Waals surface area contributed by atoms with E-state index in [-0.39, 0.29) is 74.4 Å². The molecule has 38 heavy (non-hydrogen) atoms. The summed E-state index contributed by atoms with van der Waals surface area (Å²) in [4.78, 5) is 52.2. The molecule has 2 fully saturated rings. The topological polar surface area (TPSA) is 134 Å². The Hall–Kier alpha value is -4.36. The number of piperazine rings is 1. The van der Waals surface area contributed by atoms with Crippen molar-refractivity contribution < 1.29 is 41.8 Å². The number of anilines is 2. The summed E-state index contributed by atoms with van der Waals surface area (Å²) in [6.07, 6.45) is -0.859. The minimum Gasteiger partial charge on any atom is -0.459 e. The standard InChI is InChI=1S/C24H27F2N5O7/c1-14-17(31-13-15(38-24(31)35)11-28-23(34)36-2)10-16(25)21(20(14)26)30-7-5-29(6-8-30)19(32)12-27-22(33)18-4-3-9-37-18/h3-4,9-10,15H,5-8,11-13H2,1-2H3,(H,27,33)(H,28,34)/t15-/m0/s1. The van der Waals surface area contributed by atoms with Gasteiger partial charge in [0.2, 0.25) is 5.91 Å². The Morgan fingerprint density at radius 3 is 2.55 bits per heavy atom. The number of alkyl carbamates (subject to hydrolysis) is 1. The molecule has 2 aromatic rings. The Morgan fingerprint density at radius 1 is 1.16 bits per heavy atom. The third-order valence-electron chi connectivity index (χ3n) is 6.33. The fraction of sp³-hybridized carbons (Fsp3) is 0.417. The maximum Gasteiger partial charge on any atom is 0.414 e. The largest absolute Gasteiger partial charge is 0.459 e. The van der Waals surface area contributed by atoms with Crippen LogP contribution < -0.4 is 20.4 Å². The summed E-state index contributed by atoms with van der Waals surface area (Å²) in [6, 6.07) is 4.11. The van der Waals surface area contributed by atoms with Crippen molar-refractivity contribution in [3.8, 4) is 0 Å². The molecule has 3 heterocycles. The van der Waals surface area contributed by atoms with E-state index in [2.05, 4.69) is 15.4 Å². The number of hydrogen-bond acceptors (Lipinski definition) is 8. The van der Waals surface area contributed by atoms with Crippen LogP contribution in [0.4, 0.5) is 29.7 Å². The van der Waals surface area contributed by atoms with E-state index in [0.717, 1.165) is 11.0 Å². The summed E-state index contributed by atoms with van der Waals surface area (Å²) in [6.45, 7) is 1.88. The second-order valence-corrected chi connectivity index (χ2v) is 8.68. The zero-order valence-corrected chi connectivity index (χ0v) is 20.8. The molecule has 0 saturated carbocycles. The number of benzene rings is 1. The summed E-state index contributed by atoms with van der Waals surface area (Å²) >= 11 is 0. The van der Waals surface area contributed by atoms with E-state index in [1.165, 1.54) is 36.2 Å². The van der Waals surface area contributed by atoms with Crippen molar-refractivity contribution in [3.63, 3.8) is 0 Å². The fourth-order valence-corrected chi connectivity index (χ4v) is 4.30. The van der Waals surface area contributed by atoms with Gasteiger partial charge in [0.1, 0.15) is 11.8 Å². The molecule has 1 aromatic heterocycles. The van der Waals surface area contributed by atoms with Crippen LogP contribution in [0.3, 0.4) is 0 Å². The molecule has 0 unspecified atom stereocenters. The van der Waals surface area contributed by atoms with Gasteiger partial charge in [0.25, 0.3) is 5.91 Å². The summed E-state index contributed by atoms with van der Waals surface area (Å²) < 4.78 is 45.2. The van der Waals surface area contributed by atoms with Crippen LogP contribution in [0.25, 0.3) is 0 Å². The quantitative estimate of drug-likeness (QED) is 0.547. The van der Waals surface area contributed by atoms with Crippen LogP contribution in [0.1, 0.15) is 16.1 Å². The lowest BCUT2D eigenvalue weighted by atomic mass is 10.1. The van der Waals surface area contributed by atoms with E-state index < -0.39 is 35.8 Å². The SMILES string of the molecule is COC(=O)NC[C@H]1CN(c2cc(F)c(N3CCN(C(=O)CNC(=O)c4ccco4)CC3)c(F)c2C)C(=O)O1. The molecule has 0 bridgehead atoms. The van der Waals surface area contributed by atoms with Gasteiger partial charge >= 0.3 is 12.2 Å². The maximum absolute atomic E-state index is 15.4. The van der Waals surface area contributed by atoms with E-state index in [1.807, 2.05) is 0 Å². The highest BCUT2D eigenvalue weighted by Gasteiger charge is 2.36. The van der Waals surface area contributed by atoms with E-state index in [9.17, 15) is 19.2 Å². The second-order valence-electron chi connectivity index (χ2n) is 8.68. The first-order valence-corrected chi connectivity index (χ1v) is 11.8. The average molecular weight is 536 g/mol. The van der Waals surface area contributed by atoms with Crippen molar-refractivity contribution in [3.05, 3.63) is 47.4 Å². The number of ether oxygens (including phenoxy) is 2. The maximum atomic E-state index is 15.4. The van der Waals surface area contributed by atoms with Gasteiger partial charge in [0.05, 0.1) is 38.7 Å². The van der Waals surface area contributed by atoms with Gasteiger partial charge in [0, 0.05) is 37.8 Å². The van der Waals surface area contributed by atoms with Crippen LogP contribution >= 0.6 is 0 Å². The van der Waals surface area contributed by atoms with Crippen LogP contribution in [0.5, 0.6) is 0 Å². The van der Waals surface area contributed by atoms with Gasteiger partial charge in [-0.2, -0.15) is 0 Å². The van der Waals surface area contributed by atoms with Crippen LogP contribution in [0.2, 0.25) is 0 Å². The third-order valence-corrected chi connectivity index (χ3v) is 6.33. The molecule has 0 radical (unpaired) electrons. The minimum atomic E-state index is -0.863. The molecule has 1 aromatic carbocycles. The Balaban J connectivity index is 1.37. The number of nitrogens with one attached hydrogen (secondary N) is 2. The molecule has 4 rings (SSSR count). The summed E-state index contributed by atoms with van der Waals surface area (Å²) in [5.41, 5.74) is -0.171. The van der Waals surface area contributed by atoms with Gasteiger partial charge in [-0.15, -0.1) is 0 Å². The van der Waals surface area contributed by atoms with Crippen molar-refractivity contribution in [1.29, 1.82) is 0 Å². The first kappa shape index (κ1) is 26.7. The van der Waals surface area contributed by atoms with Crippen molar-refractivity contribution >= 4 is 35.4 Å². The predicted octanol–water partition coefficient (Wildman–Crippen LogP) is 1.63. The normalized spacial score (nSPS) is 17.3. The first-order chi connectivity index (χ1) is 18.2. The molecule has 0 spiro atoms. The zero-order valence-electron chi connectivity index (χ0n) is 20.8.